The molecule has 1 aromatic carbocycles. The second-order valence-electron chi connectivity index (χ2n) is 10.9. The maximum atomic E-state index is 16.1. The van der Waals surface area contributed by atoms with Gasteiger partial charge in [-0.2, -0.15) is 4.98 Å². The van der Waals surface area contributed by atoms with Crippen LogP contribution in [0.3, 0.4) is 0 Å². The molecule has 2 aliphatic rings. The summed E-state index contributed by atoms with van der Waals surface area (Å²) in [6, 6.07) is 7.05. The van der Waals surface area contributed by atoms with Gasteiger partial charge in [0.15, 0.2) is 11.5 Å². The molecule has 43 heavy (non-hydrogen) atoms. The lowest BCUT2D eigenvalue weighted by Gasteiger charge is -2.40. The minimum Gasteiger partial charge on any atom is -0.489 e. The summed E-state index contributed by atoms with van der Waals surface area (Å²) in [5.74, 6) is -1.15. The Morgan fingerprint density at radius 3 is 2.74 bits per heavy atom. The maximum Gasteiger partial charge on any atom is 0.356 e. The van der Waals surface area contributed by atoms with Crippen LogP contribution in [0.4, 0.5) is 20.3 Å². The molecule has 1 N–H and O–H groups in total. The highest BCUT2D eigenvalue weighted by molar-refractivity contribution is 5.92. The van der Waals surface area contributed by atoms with E-state index < -0.39 is 17.3 Å². The molecule has 1 fully saturated rings. The number of pyridine rings is 2. The number of amides is 1. The first-order valence-corrected chi connectivity index (χ1v) is 14.2. The summed E-state index contributed by atoms with van der Waals surface area (Å²) in [6.45, 7) is 10.8. The van der Waals surface area contributed by atoms with Gasteiger partial charge in [0.25, 0.3) is 0 Å². The van der Waals surface area contributed by atoms with Crippen molar-refractivity contribution < 1.29 is 18.3 Å². The zero-order chi connectivity index (χ0) is 30.4. The average Bonchev–Trinajstić information content (AvgIpc) is 2.98. The minimum atomic E-state index is -0.772. The molecule has 2 bridgehead atoms. The van der Waals surface area contributed by atoms with Crippen LogP contribution in [0, 0.1) is 11.6 Å². The van der Waals surface area contributed by atoms with Crippen LogP contribution in [-0.4, -0.2) is 69.2 Å². The second kappa shape index (κ2) is 11.1. The molecule has 12 heteroatoms. The summed E-state index contributed by atoms with van der Waals surface area (Å²) in [5, 5.41) is 3.39. The van der Waals surface area contributed by atoms with Crippen molar-refractivity contribution in [2.75, 3.05) is 43.0 Å². The van der Waals surface area contributed by atoms with Gasteiger partial charge in [-0.3, -0.25) is 9.78 Å². The van der Waals surface area contributed by atoms with Gasteiger partial charge >= 0.3 is 5.69 Å². The number of rotatable bonds is 3. The van der Waals surface area contributed by atoms with E-state index >= 15 is 8.78 Å². The van der Waals surface area contributed by atoms with E-state index in [0.29, 0.717) is 42.5 Å². The highest BCUT2D eigenvalue weighted by Gasteiger charge is 2.31. The van der Waals surface area contributed by atoms with Crippen LogP contribution in [0.1, 0.15) is 32.4 Å². The average molecular weight is 588 g/mol. The van der Waals surface area contributed by atoms with Crippen LogP contribution >= 0.6 is 0 Å². The van der Waals surface area contributed by atoms with Gasteiger partial charge in [-0.25, -0.2) is 23.1 Å². The number of nitrogens with zero attached hydrogens (tertiary/aromatic N) is 6. The molecule has 5 heterocycles. The van der Waals surface area contributed by atoms with Crippen LogP contribution in [0.25, 0.3) is 28.0 Å². The number of fused-ring (bicyclic) bond motifs is 5. The Bertz CT molecular complexity index is 1820. The van der Waals surface area contributed by atoms with E-state index in [4.69, 9.17) is 4.74 Å². The molecule has 3 aromatic heterocycles. The first-order valence-electron chi connectivity index (χ1n) is 14.2. The molecular weight excluding hydrogens is 556 g/mol. The Balaban J connectivity index is 1.68. The van der Waals surface area contributed by atoms with E-state index in [0.717, 1.165) is 0 Å². The quantitative estimate of drug-likeness (QED) is 0.355. The van der Waals surface area contributed by atoms with E-state index in [-0.39, 0.29) is 59.1 Å². The van der Waals surface area contributed by atoms with Crippen molar-refractivity contribution in [1.82, 2.24) is 24.4 Å². The van der Waals surface area contributed by atoms with Crippen LogP contribution in [0.2, 0.25) is 0 Å². The summed E-state index contributed by atoms with van der Waals surface area (Å²) >= 11 is 0. The van der Waals surface area contributed by atoms with Gasteiger partial charge in [0, 0.05) is 50.2 Å². The third-order valence-corrected chi connectivity index (χ3v) is 7.80. The first-order chi connectivity index (χ1) is 20.7. The summed E-state index contributed by atoms with van der Waals surface area (Å²) in [7, 11) is 0. The monoisotopic (exact) mass is 587 g/mol. The van der Waals surface area contributed by atoms with E-state index in [1.807, 2.05) is 25.7 Å². The molecule has 0 unspecified atom stereocenters. The Morgan fingerprint density at radius 1 is 1.19 bits per heavy atom. The van der Waals surface area contributed by atoms with Crippen LogP contribution in [0.15, 0.2) is 54.0 Å². The number of hydrogen-bond donors (Lipinski definition) is 1. The number of benzene rings is 1. The molecule has 0 saturated carbocycles. The molecule has 4 aromatic rings. The van der Waals surface area contributed by atoms with Gasteiger partial charge in [-0.05, 0) is 37.1 Å². The smallest absolute Gasteiger partial charge is 0.356 e. The van der Waals surface area contributed by atoms with Gasteiger partial charge in [0.2, 0.25) is 5.91 Å². The lowest BCUT2D eigenvalue weighted by molar-refractivity contribution is -0.126. The van der Waals surface area contributed by atoms with Crippen LogP contribution in [0.5, 0.6) is 5.75 Å². The number of carbonyl (C=O) groups excluding carboxylic acids is 1. The fourth-order valence-corrected chi connectivity index (χ4v) is 5.78. The zero-order valence-corrected chi connectivity index (χ0v) is 24.1. The number of anilines is 2. The lowest BCUT2D eigenvalue weighted by atomic mass is 10.0. The van der Waals surface area contributed by atoms with E-state index in [1.54, 1.807) is 23.2 Å². The molecule has 2 aliphatic heterocycles. The molecule has 1 atom stereocenters. The normalized spacial score (nSPS) is 16.6. The molecule has 1 saturated heterocycles. The number of piperazine rings is 1. The predicted octanol–water partition coefficient (Wildman–Crippen LogP) is 4.27. The topological polar surface area (TPSA) is 105 Å². The van der Waals surface area contributed by atoms with E-state index in [1.165, 1.54) is 28.8 Å². The van der Waals surface area contributed by atoms with Crippen molar-refractivity contribution in [3.05, 3.63) is 77.0 Å². The van der Waals surface area contributed by atoms with Gasteiger partial charge in [-0.1, -0.05) is 26.5 Å². The Morgan fingerprint density at radius 2 is 2.00 bits per heavy atom. The standard InChI is InChI=1S/C31H31F2N7O3/c1-5-24(41)38-12-13-39(18(4)16-38)29-19-15-21(33)27-25-20(32)7-6-8-22(25)34-11-14-43-23-9-10-35-26(17(2)3)28(23)40(30(19)36-27)31(42)37-29/h5-10,15,17-18,34H,1,11-14,16H2,2-4H3/t18-/m1/s1. The molecule has 6 rings (SSSR count). The summed E-state index contributed by atoms with van der Waals surface area (Å²) < 4.78 is 38.9. The second-order valence-corrected chi connectivity index (χ2v) is 10.9. The third-order valence-electron chi connectivity index (χ3n) is 7.80. The van der Waals surface area contributed by atoms with Gasteiger partial charge in [0.05, 0.1) is 16.6 Å². The molecule has 10 nitrogen and oxygen atoms in total. The number of ether oxygens (including phenoxy) is 1. The third kappa shape index (κ3) is 4.86. The van der Waals surface area contributed by atoms with E-state index in [2.05, 4.69) is 26.8 Å². The number of nitrogens with one attached hydrogen (secondary N) is 1. The minimum absolute atomic E-state index is 0.0553. The summed E-state index contributed by atoms with van der Waals surface area (Å²) in [5.41, 5.74) is 0.356. The van der Waals surface area contributed by atoms with Crippen molar-refractivity contribution in [1.29, 1.82) is 0 Å². The summed E-state index contributed by atoms with van der Waals surface area (Å²) in [4.78, 5) is 43.6. The molecular formula is C31H31F2N7O3. The van der Waals surface area contributed by atoms with Crippen molar-refractivity contribution in [2.24, 2.45) is 0 Å². The molecule has 0 radical (unpaired) electrons. The summed E-state index contributed by atoms with van der Waals surface area (Å²) in [6.07, 6.45) is 2.87. The van der Waals surface area contributed by atoms with Crippen molar-refractivity contribution in [3.63, 3.8) is 0 Å². The highest BCUT2D eigenvalue weighted by atomic mass is 19.1. The van der Waals surface area contributed by atoms with Crippen LogP contribution < -0.4 is 20.6 Å². The molecule has 0 aliphatic carbocycles. The van der Waals surface area contributed by atoms with Crippen molar-refractivity contribution >= 4 is 28.4 Å². The van der Waals surface area contributed by atoms with Crippen molar-refractivity contribution in [2.45, 2.75) is 32.7 Å². The van der Waals surface area contributed by atoms with E-state index in [9.17, 15) is 9.59 Å². The number of aromatic nitrogens is 4. The largest absolute Gasteiger partial charge is 0.489 e. The number of carbonyl (C=O) groups is 1. The maximum absolute atomic E-state index is 16.1. The first kappa shape index (κ1) is 28.3. The van der Waals surface area contributed by atoms with Gasteiger partial charge < -0.3 is 19.9 Å². The molecule has 0 spiro atoms. The Kier molecular flexibility index (Phi) is 7.28. The predicted molar refractivity (Wildman–Crippen MR) is 160 cm³/mol. The number of halogens is 2. The van der Waals surface area contributed by atoms with Crippen LogP contribution in [-0.2, 0) is 4.79 Å². The van der Waals surface area contributed by atoms with Crippen molar-refractivity contribution in [3.8, 4) is 22.7 Å². The molecule has 222 valence electrons. The zero-order valence-electron chi connectivity index (χ0n) is 24.1. The van der Waals surface area contributed by atoms with Gasteiger partial charge in [0.1, 0.15) is 35.4 Å². The SMILES string of the molecule is C=CC(=O)N1CCN(c2nc(=O)n3c4nc(c(F)cc24)-c2c(F)cccc2NCCOc2ccnc(C(C)C)c2-3)[C@H](C)C1. The highest BCUT2D eigenvalue weighted by Crippen LogP contribution is 2.38. The Hall–Kier alpha value is -4.87. The fourth-order valence-electron chi connectivity index (χ4n) is 5.78. The van der Waals surface area contributed by atoms with Gasteiger partial charge in [-0.15, -0.1) is 0 Å². The molecule has 1 amide bonds. The Labute approximate surface area is 246 Å². The fraction of sp³-hybridized carbons (Fsp3) is 0.323. The lowest BCUT2D eigenvalue weighted by Crippen LogP contribution is -2.54. The number of hydrogen-bond acceptors (Lipinski definition) is 8.